The lowest BCUT2D eigenvalue weighted by atomic mass is 10.1. The molecule has 0 bridgehead atoms. The number of nitrogens with zero attached hydrogens (tertiary/aromatic N) is 2. The van der Waals surface area contributed by atoms with E-state index in [0.717, 1.165) is 5.56 Å². The highest BCUT2D eigenvalue weighted by Crippen LogP contribution is 2.22. The van der Waals surface area contributed by atoms with Gasteiger partial charge in [-0.05, 0) is 66.7 Å². The van der Waals surface area contributed by atoms with Crippen molar-refractivity contribution in [3.63, 3.8) is 0 Å². The van der Waals surface area contributed by atoms with Crippen molar-refractivity contribution in [2.24, 2.45) is 0 Å². The van der Waals surface area contributed by atoms with Crippen LogP contribution < -0.4 is 10.6 Å². The molecule has 4 aromatic rings. The van der Waals surface area contributed by atoms with E-state index >= 15 is 0 Å². The minimum atomic E-state index is -0.371. The summed E-state index contributed by atoms with van der Waals surface area (Å²) in [6.45, 7) is 0. The van der Waals surface area contributed by atoms with Gasteiger partial charge >= 0.3 is 0 Å². The summed E-state index contributed by atoms with van der Waals surface area (Å²) in [6, 6.07) is 20.2. The lowest BCUT2D eigenvalue weighted by Gasteiger charge is -2.09. The first-order chi connectivity index (χ1) is 14.6. The Balaban J connectivity index is 1.50. The largest absolute Gasteiger partial charge is 0.340 e. The van der Waals surface area contributed by atoms with Crippen molar-refractivity contribution in [2.45, 2.75) is 0 Å². The minimum Gasteiger partial charge on any atom is -0.340 e. The number of hydrogen-bond acceptors (Lipinski definition) is 4. The number of hydrogen-bond donors (Lipinski definition) is 2. The third-order valence-corrected chi connectivity index (χ3v) is 4.31. The summed E-state index contributed by atoms with van der Waals surface area (Å²) in [6.07, 6.45) is 1.41. The van der Waals surface area contributed by atoms with Crippen LogP contribution in [0.1, 0.15) is 10.4 Å². The number of anilines is 3. The van der Waals surface area contributed by atoms with E-state index in [0.29, 0.717) is 28.5 Å². The van der Waals surface area contributed by atoms with Crippen LogP contribution in [0.2, 0.25) is 0 Å². The van der Waals surface area contributed by atoms with Crippen molar-refractivity contribution in [3.05, 3.63) is 102 Å². The van der Waals surface area contributed by atoms with Gasteiger partial charge in [-0.2, -0.15) is 0 Å². The van der Waals surface area contributed by atoms with Crippen LogP contribution in [-0.2, 0) is 0 Å². The van der Waals surface area contributed by atoms with E-state index in [1.807, 2.05) is 0 Å². The summed E-state index contributed by atoms with van der Waals surface area (Å²) in [7, 11) is 0. The summed E-state index contributed by atoms with van der Waals surface area (Å²) in [5.74, 6) is -0.480. The van der Waals surface area contributed by atoms with Gasteiger partial charge in [-0.25, -0.2) is 18.7 Å². The van der Waals surface area contributed by atoms with Gasteiger partial charge in [0.1, 0.15) is 23.8 Å². The molecule has 0 aliphatic carbocycles. The average Bonchev–Trinajstić information content (AvgIpc) is 2.76. The molecule has 0 unspecified atom stereocenters. The first-order valence-electron chi connectivity index (χ1n) is 9.09. The molecule has 1 aromatic heterocycles. The summed E-state index contributed by atoms with van der Waals surface area (Å²) in [4.78, 5) is 20.9. The second-order valence-corrected chi connectivity index (χ2v) is 6.46. The summed E-state index contributed by atoms with van der Waals surface area (Å²) in [5.41, 5.74) is 2.98. The van der Waals surface area contributed by atoms with Gasteiger partial charge in [0.05, 0.1) is 5.69 Å². The van der Waals surface area contributed by atoms with Crippen LogP contribution in [0.5, 0.6) is 0 Å². The molecule has 0 saturated heterocycles. The van der Waals surface area contributed by atoms with E-state index < -0.39 is 0 Å². The molecular weight excluding hydrogens is 386 g/mol. The fourth-order valence-electron chi connectivity index (χ4n) is 2.83. The maximum atomic E-state index is 13.1. The predicted molar refractivity (Wildman–Crippen MR) is 112 cm³/mol. The topological polar surface area (TPSA) is 66.9 Å². The SMILES string of the molecule is O=C(Nc1ccc(F)cc1)c1cccc(Nc2cc(-c3ccc(F)cc3)ncn2)c1. The predicted octanol–water partition coefficient (Wildman–Crippen LogP) is 5.42. The lowest BCUT2D eigenvalue weighted by Crippen LogP contribution is -2.12. The Morgan fingerprint density at radius 2 is 1.47 bits per heavy atom. The van der Waals surface area contributed by atoms with Crippen LogP contribution in [0, 0.1) is 11.6 Å². The van der Waals surface area contributed by atoms with Crippen LogP contribution in [0.25, 0.3) is 11.3 Å². The first kappa shape index (κ1) is 19.2. The highest BCUT2D eigenvalue weighted by molar-refractivity contribution is 6.04. The zero-order valence-corrected chi connectivity index (χ0v) is 15.6. The van der Waals surface area contributed by atoms with Gasteiger partial charge in [-0.3, -0.25) is 4.79 Å². The van der Waals surface area contributed by atoms with Crippen molar-refractivity contribution in [1.29, 1.82) is 0 Å². The smallest absolute Gasteiger partial charge is 0.255 e. The minimum absolute atomic E-state index is 0.318. The highest BCUT2D eigenvalue weighted by atomic mass is 19.1. The molecule has 1 amide bonds. The van der Waals surface area contributed by atoms with Gasteiger partial charge in [0.2, 0.25) is 0 Å². The highest BCUT2D eigenvalue weighted by Gasteiger charge is 2.08. The van der Waals surface area contributed by atoms with Gasteiger partial charge < -0.3 is 10.6 Å². The van der Waals surface area contributed by atoms with Crippen molar-refractivity contribution in [2.75, 3.05) is 10.6 Å². The molecule has 4 rings (SSSR count). The van der Waals surface area contributed by atoms with Crippen LogP contribution >= 0.6 is 0 Å². The molecule has 0 radical (unpaired) electrons. The maximum Gasteiger partial charge on any atom is 0.255 e. The molecule has 0 aliphatic rings. The first-order valence-corrected chi connectivity index (χ1v) is 9.09. The summed E-state index contributed by atoms with van der Waals surface area (Å²) >= 11 is 0. The Labute approximate surface area is 171 Å². The Hall–Kier alpha value is -4.13. The van der Waals surface area contributed by atoms with E-state index in [2.05, 4.69) is 20.6 Å². The number of halogens is 2. The number of amides is 1. The van der Waals surface area contributed by atoms with Gasteiger partial charge in [-0.15, -0.1) is 0 Å². The van der Waals surface area contributed by atoms with Crippen molar-refractivity contribution < 1.29 is 13.6 Å². The summed E-state index contributed by atoms with van der Waals surface area (Å²) in [5, 5.41) is 5.86. The second-order valence-electron chi connectivity index (χ2n) is 6.46. The fraction of sp³-hybridized carbons (Fsp3) is 0. The molecule has 1 heterocycles. The van der Waals surface area contributed by atoms with Crippen LogP contribution in [0.4, 0.5) is 26.0 Å². The van der Waals surface area contributed by atoms with Crippen LogP contribution in [0.3, 0.4) is 0 Å². The molecule has 0 saturated carbocycles. The number of aromatic nitrogens is 2. The average molecular weight is 402 g/mol. The van der Waals surface area contributed by atoms with E-state index in [1.54, 1.807) is 42.5 Å². The molecule has 148 valence electrons. The van der Waals surface area contributed by atoms with Gasteiger partial charge in [0.15, 0.2) is 0 Å². The van der Waals surface area contributed by atoms with E-state index in [-0.39, 0.29) is 17.5 Å². The Morgan fingerprint density at radius 3 is 2.20 bits per heavy atom. The molecule has 0 aliphatic heterocycles. The Morgan fingerprint density at radius 1 is 0.767 bits per heavy atom. The second kappa shape index (κ2) is 8.48. The molecule has 0 spiro atoms. The quantitative estimate of drug-likeness (QED) is 0.468. The number of carbonyl (C=O) groups is 1. The molecule has 30 heavy (non-hydrogen) atoms. The van der Waals surface area contributed by atoms with Crippen molar-refractivity contribution in [1.82, 2.24) is 9.97 Å². The third kappa shape index (κ3) is 4.64. The van der Waals surface area contributed by atoms with Crippen LogP contribution in [-0.4, -0.2) is 15.9 Å². The number of carbonyl (C=O) groups excluding carboxylic acids is 1. The molecule has 5 nitrogen and oxygen atoms in total. The Bertz CT molecular complexity index is 1180. The standard InChI is InChI=1S/C23H16F2N4O/c24-17-6-4-15(5-7-17)21-13-22(27-14-26-21)28-20-3-1-2-16(12-20)23(30)29-19-10-8-18(25)9-11-19/h1-14H,(H,29,30)(H,26,27,28). The fourth-order valence-corrected chi connectivity index (χ4v) is 2.83. The third-order valence-electron chi connectivity index (χ3n) is 4.31. The van der Waals surface area contributed by atoms with Crippen LogP contribution in [0.15, 0.2) is 85.2 Å². The van der Waals surface area contributed by atoms with Crippen molar-refractivity contribution >= 4 is 23.1 Å². The normalized spacial score (nSPS) is 10.5. The Kier molecular flexibility index (Phi) is 5.43. The number of rotatable bonds is 5. The van der Waals surface area contributed by atoms with E-state index in [9.17, 15) is 13.6 Å². The molecule has 0 atom stereocenters. The molecule has 2 N–H and O–H groups in total. The summed E-state index contributed by atoms with van der Waals surface area (Å²) < 4.78 is 26.1. The molecule has 3 aromatic carbocycles. The monoisotopic (exact) mass is 402 g/mol. The lowest BCUT2D eigenvalue weighted by molar-refractivity contribution is 0.102. The zero-order valence-electron chi connectivity index (χ0n) is 15.6. The van der Waals surface area contributed by atoms with E-state index in [4.69, 9.17) is 0 Å². The van der Waals surface area contributed by atoms with Crippen molar-refractivity contribution in [3.8, 4) is 11.3 Å². The van der Waals surface area contributed by atoms with Gasteiger partial charge in [0, 0.05) is 28.6 Å². The van der Waals surface area contributed by atoms with Gasteiger partial charge in [0.25, 0.3) is 5.91 Å². The molecule has 7 heteroatoms. The van der Waals surface area contributed by atoms with E-state index in [1.165, 1.54) is 42.7 Å². The van der Waals surface area contributed by atoms with Gasteiger partial charge in [-0.1, -0.05) is 6.07 Å². The zero-order chi connectivity index (χ0) is 20.9. The number of nitrogens with one attached hydrogen (secondary N) is 2. The molecule has 0 fully saturated rings. The number of benzene rings is 3. The maximum absolute atomic E-state index is 13.1. The molecular formula is C23H16F2N4O.